The molecule has 0 N–H and O–H groups in total. The Kier molecular flexibility index (Phi) is 2.80. The fourth-order valence-electron chi connectivity index (χ4n) is 2.13. The van der Waals surface area contributed by atoms with Crippen LogP contribution in [0.2, 0.25) is 0 Å². The zero-order chi connectivity index (χ0) is 12.5. The molecule has 1 aliphatic rings. The first-order valence-corrected chi connectivity index (χ1v) is 6.74. The molecule has 92 valence electrons. The highest BCUT2D eigenvalue weighted by Gasteiger charge is 2.30. The molecule has 1 atom stereocenters. The Morgan fingerprint density at radius 3 is 2.94 bits per heavy atom. The highest BCUT2D eigenvalue weighted by molar-refractivity contribution is 7.12. The van der Waals surface area contributed by atoms with Crippen LogP contribution in [0.25, 0.3) is 0 Å². The van der Waals surface area contributed by atoms with E-state index in [1.165, 1.54) is 11.3 Å². The molecule has 2 aromatic rings. The second-order valence-electron chi connectivity index (χ2n) is 4.28. The lowest BCUT2D eigenvalue weighted by atomic mass is 10.1. The highest BCUT2D eigenvalue weighted by atomic mass is 32.1. The Hall–Kier alpha value is -1.81. The fraction of sp³-hybridized carbons (Fsp3) is 0.214. The quantitative estimate of drug-likeness (QED) is 0.787. The predicted molar refractivity (Wildman–Crippen MR) is 72.5 cm³/mol. The molecule has 1 unspecified atom stereocenters. The van der Waals surface area contributed by atoms with Gasteiger partial charge >= 0.3 is 0 Å². The van der Waals surface area contributed by atoms with Crippen LogP contribution in [-0.4, -0.2) is 18.6 Å². The van der Waals surface area contributed by atoms with Crippen LogP contribution < -0.4 is 9.64 Å². The van der Waals surface area contributed by atoms with Crippen LogP contribution in [0, 0.1) is 0 Å². The van der Waals surface area contributed by atoms with Crippen LogP contribution in [0.1, 0.15) is 16.6 Å². The van der Waals surface area contributed by atoms with Crippen molar-refractivity contribution in [3.63, 3.8) is 0 Å². The second kappa shape index (κ2) is 4.46. The van der Waals surface area contributed by atoms with Gasteiger partial charge in [-0.25, -0.2) is 0 Å². The first-order chi connectivity index (χ1) is 8.77. The minimum absolute atomic E-state index is 0.0493. The third-order valence-corrected chi connectivity index (χ3v) is 3.85. The van der Waals surface area contributed by atoms with Gasteiger partial charge in [0.05, 0.1) is 16.6 Å². The third kappa shape index (κ3) is 1.78. The number of benzene rings is 1. The number of hydrogen-bond donors (Lipinski definition) is 0. The number of hydrogen-bond acceptors (Lipinski definition) is 3. The zero-order valence-corrected chi connectivity index (χ0v) is 10.8. The van der Waals surface area contributed by atoms with E-state index < -0.39 is 0 Å². The first kappa shape index (κ1) is 11.3. The second-order valence-corrected chi connectivity index (χ2v) is 5.23. The molecular formula is C14H13NO2S. The summed E-state index contributed by atoms with van der Waals surface area (Å²) in [5.41, 5.74) is 0.856. The van der Waals surface area contributed by atoms with E-state index in [-0.39, 0.29) is 11.9 Å². The summed E-state index contributed by atoms with van der Waals surface area (Å²) in [4.78, 5) is 15.1. The lowest BCUT2D eigenvalue weighted by molar-refractivity contribution is 0.0965. The topological polar surface area (TPSA) is 29.5 Å². The molecule has 1 aliphatic heterocycles. The van der Waals surface area contributed by atoms with E-state index in [2.05, 4.69) is 0 Å². The van der Waals surface area contributed by atoms with Crippen LogP contribution >= 0.6 is 11.3 Å². The minimum atomic E-state index is 0.0493. The Bertz CT molecular complexity index is 565. The van der Waals surface area contributed by atoms with Crippen molar-refractivity contribution in [3.05, 3.63) is 46.7 Å². The van der Waals surface area contributed by atoms with Crippen molar-refractivity contribution in [1.82, 2.24) is 0 Å². The molecule has 0 aliphatic carbocycles. The molecule has 1 amide bonds. The van der Waals surface area contributed by atoms with E-state index >= 15 is 0 Å². The van der Waals surface area contributed by atoms with Crippen molar-refractivity contribution in [3.8, 4) is 5.75 Å². The van der Waals surface area contributed by atoms with E-state index in [9.17, 15) is 4.79 Å². The van der Waals surface area contributed by atoms with Gasteiger partial charge in [0.1, 0.15) is 12.4 Å². The van der Waals surface area contributed by atoms with Gasteiger partial charge in [-0.2, -0.15) is 0 Å². The fourth-order valence-corrected chi connectivity index (χ4v) is 2.79. The largest absolute Gasteiger partial charge is 0.489 e. The van der Waals surface area contributed by atoms with Gasteiger partial charge in [-0.3, -0.25) is 9.69 Å². The third-order valence-electron chi connectivity index (χ3n) is 3.00. The number of rotatable bonds is 1. The summed E-state index contributed by atoms with van der Waals surface area (Å²) in [5, 5.41) is 1.92. The van der Waals surface area contributed by atoms with Crippen molar-refractivity contribution in [1.29, 1.82) is 0 Å². The molecule has 0 saturated carbocycles. The Balaban J connectivity index is 2.03. The zero-order valence-electron chi connectivity index (χ0n) is 10.00. The molecule has 0 saturated heterocycles. The van der Waals surface area contributed by atoms with E-state index in [1.54, 1.807) is 0 Å². The van der Waals surface area contributed by atoms with Gasteiger partial charge in [-0.05, 0) is 30.5 Å². The van der Waals surface area contributed by atoms with Gasteiger partial charge in [0.15, 0.2) is 0 Å². The average Bonchev–Trinajstić information content (AvgIpc) is 2.92. The first-order valence-electron chi connectivity index (χ1n) is 5.86. The standard InChI is InChI=1S/C14H13NO2S/c1-10-9-17-12-6-3-2-5-11(12)15(10)14(16)13-7-4-8-18-13/h2-8,10H,9H2,1H3. The van der Waals surface area contributed by atoms with Crippen molar-refractivity contribution in [2.75, 3.05) is 11.5 Å². The maximum atomic E-state index is 12.5. The van der Waals surface area contributed by atoms with E-state index in [0.29, 0.717) is 6.61 Å². The monoisotopic (exact) mass is 259 g/mol. The summed E-state index contributed by atoms with van der Waals surface area (Å²) < 4.78 is 5.64. The summed E-state index contributed by atoms with van der Waals surface area (Å²) in [7, 11) is 0. The molecule has 1 aromatic carbocycles. The van der Waals surface area contributed by atoms with Crippen molar-refractivity contribution in [2.45, 2.75) is 13.0 Å². The van der Waals surface area contributed by atoms with Crippen LogP contribution in [0.3, 0.4) is 0 Å². The molecule has 1 aromatic heterocycles. The van der Waals surface area contributed by atoms with Gasteiger partial charge in [0, 0.05) is 0 Å². The van der Waals surface area contributed by atoms with Gasteiger partial charge in [0.25, 0.3) is 5.91 Å². The van der Waals surface area contributed by atoms with Crippen molar-refractivity contribution < 1.29 is 9.53 Å². The van der Waals surface area contributed by atoms with E-state index in [4.69, 9.17) is 4.74 Å². The van der Waals surface area contributed by atoms with Crippen LogP contribution in [0.15, 0.2) is 41.8 Å². The Morgan fingerprint density at radius 1 is 1.33 bits per heavy atom. The molecule has 3 rings (SSSR count). The molecular weight excluding hydrogens is 246 g/mol. The van der Waals surface area contributed by atoms with Crippen molar-refractivity contribution >= 4 is 22.9 Å². The number of ether oxygens (including phenoxy) is 1. The number of carbonyl (C=O) groups is 1. The number of anilines is 1. The lowest BCUT2D eigenvalue weighted by Crippen LogP contribution is -2.44. The number of fused-ring (bicyclic) bond motifs is 1. The molecule has 0 radical (unpaired) electrons. The summed E-state index contributed by atoms with van der Waals surface area (Å²) >= 11 is 1.47. The summed E-state index contributed by atoms with van der Waals surface area (Å²) in [5.74, 6) is 0.828. The molecule has 3 nitrogen and oxygen atoms in total. The smallest absolute Gasteiger partial charge is 0.268 e. The molecule has 18 heavy (non-hydrogen) atoms. The average molecular weight is 259 g/mol. The van der Waals surface area contributed by atoms with E-state index in [0.717, 1.165) is 16.3 Å². The molecule has 4 heteroatoms. The Labute approximate surface area is 110 Å². The SMILES string of the molecule is CC1COc2ccccc2N1C(=O)c1cccs1. The molecule has 0 bridgehead atoms. The van der Waals surface area contributed by atoms with E-state index in [1.807, 2.05) is 53.6 Å². The number of carbonyl (C=O) groups excluding carboxylic acids is 1. The number of para-hydroxylation sites is 2. The number of amides is 1. The lowest BCUT2D eigenvalue weighted by Gasteiger charge is -2.34. The summed E-state index contributed by atoms with van der Waals surface area (Å²) in [6.45, 7) is 2.54. The van der Waals surface area contributed by atoms with Crippen LogP contribution in [0.4, 0.5) is 5.69 Å². The van der Waals surface area contributed by atoms with Crippen molar-refractivity contribution in [2.24, 2.45) is 0 Å². The van der Waals surface area contributed by atoms with Gasteiger partial charge in [-0.1, -0.05) is 18.2 Å². The van der Waals surface area contributed by atoms with Gasteiger partial charge in [-0.15, -0.1) is 11.3 Å². The van der Waals surface area contributed by atoms with Crippen LogP contribution in [-0.2, 0) is 0 Å². The minimum Gasteiger partial charge on any atom is -0.489 e. The molecule has 0 fully saturated rings. The highest BCUT2D eigenvalue weighted by Crippen LogP contribution is 2.34. The Morgan fingerprint density at radius 2 is 2.17 bits per heavy atom. The maximum Gasteiger partial charge on any atom is 0.268 e. The number of nitrogens with zero attached hydrogens (tertiary/aromatic N) is 1. The van der Waals surface area contributed by atoms with Gasteiger partial charge in [0.2, 0.25) is 0 Å². The maximum absolute atomic E-state index is 12.5. The van der Waals surface area contributed by atoms with Gasteiger partial charge < -0.3 is 4.74 Å². The normalized spacial score (nSPS) is 18.1. The van der Waals surface area contributed by atoms with Crippen LogP contribution in [0.5, 0.6) is 5.75 Å². The molecule has 2 heterocycles. The number of thiophene rings is 1. The predicted octanol–water partition coefficient (Wildman–Crippen LogP) is 3.18. The summed E-state index contributed by atoms with van der Waals surface area (Å²) in [6, 6.07) is 11.5. The summed E-state index contributed by atoms with van der Waals surface area (Å²) in [6.07, 6.45) is 0. The molecule has 0 spiro atoms.